The fourth-order valence-electron chi connectivity index (χ4n) is 1.41. The van der Waals surface area contributed by atoms with Gasteiger partial charge in [0.1, 0.15) is 5.60 Å². The molecule has 0 bridgehead atoms. The van der Waals surface area contributed by atoms with E-state index in [4.69, 9.17) is 9.84 Å². The maximum atomic E-state index is 11.5. The van der Waals surface area contributed by atoms with E-state index in [1.807, 2.05) is 0 Å². The Labute approximate surface area is 72.1 Å². The number of aliphatic hydroxyl groups excluding tert-OH is 1. The van der Waals surface area contributed by atoms with Crippen LogP contribution in [0.3, 0.4) is 0 Å². The molecule has 0 radical (unpaired) electrons. The molecule has 0 unspecified atom stereocenters. The van der Waals surface area contributed by atoms with Gasteiger partial charge in [-0.1, -0.05) is 0 Å². The first-order valence-corrected chi connectivity index (χ1v) is 4.09. The van der Waals surface area contributed by atoms with Crippen molar-refractivity contribution in [2.45, 2.75) is 18.9 Å². The number of rotatable bonds is 3. The maximum Gasteiger partial charge on any atom is 0.254 e. The Kier molecular flexibility index (Phi) is 2.69. The van der Waals surface area contributed by atoms with Crippen molar-refractivity contribution in [2.75, 3.05) is 26.8 Å². The minimum atomic E-state index is -0.658. The summed E-state index contributed by atoms with van der Waals surface area (Å²) in [5.41, 5.74) is -0.658. The van der Waals surface area contributed by atoms with Crippen LogP contribution in [-0.2, 0) is 9.53 Å². The van der Waals surface area contributed by atoms with Crippen LogP contribution in [0.4, 0.5) is 0 Å². The number of aliphatic hydroxyl groups is 1. The van der Waals surface area contributed by atoms with Crippen LogP contribution >= 0.6 is 0 Å². The molecule has 70 valence electrons. The summed E-state index contributed by atoms with van der Waals surface area (Å²) in [5, 5.41) is 8.65. The van der Waals surface area contributed by atoms with Gasteiger partial charge in [0.05, 0.1) is 6.61 Å². The molecule has 1 aliphatic heterocycles. The van der Waals surface area contributed by atoms with E-state index in [1.165, 1.54) is 0 Å². The molecule has 1 rings (SSSR count). The third kappa shape index (κ3) is 1.44. The number of β-amino-alcohol motifs (C(OH)–C–C–N with tert-alkyl or cyclic N) is 1. The van der Waals surface area contributed by atoms with Crippen LogP contribution in [0.5, 0.6) is 0 Å². The molecule has 0 saturated carbocycles. The molecule has 1 aliphatic rings. The molecule has 0 aromatic rings. The van der Waals surface area contributed by atoms with Gasteiger partial charge in [0.25, 0.3) is 5.91 Å². The molecule has 0 aliphatic carbocycles. The largest absolute Gasteiger partial charge is 0.395 e. The summed E-state index contributed by atoms with van der Waals surface area (Å²) in [5.74, 6) is -0.0148. The predicted octanol–water partition coefficient (Wildman–Crippen LogP) is -0.384. The number of likely N-dealkylation sites (tertiary alicyclic amines) is 1. The molecule has 1 saturated heterocycles. The van der Waals surface area contributed by atoms with Gasteiger partial charge >= 0.3 is 0 Å². The van der Waals surface area contributed by atoms with Crippen LogP contribution in [0.1, 0.15) is 13.3 Å². The minimum absolute atomic E-state index is 0.0148. The van der Waals surface area contributed by atoms with E-state index in [-0.39, 0.29) is 12.5 Å². The number of hydrogen-bond donors (Lipinski definition) is 1. The first kappa shape index (κ1) is 9.48. The molecule has 1 N–H and O–H groups in total. The van der Waals surface area contributed by atoms with Crippen LogP contribution in [0.2, 0.25) is 0 Å². The lowest BCUT2D eigenvalue weighted by Crippen LogP contribution is -2.39. The Bertz CT molecular complexity index is 183. The fourth-order valence-corrected chi connectivity index (χ4v) is 1.41. The minimum Gasteiger partial charge on any atom is -0.395 e. The summed E-state index contributed by atoms with van der Waals surface area (Å²) in [6, 6.07) is 0. The lowest BCUT2D eigenvalue weighted by molar-refractivity contribution is -0.144. The van der Waals surface area contributed by atoms with E-state index in [9.17, 15) is 4.79 Å². The Hall–Kier alpha value is -0.610. The average molecular weight is 173 g/mol. The van der Waals surface area contributed by atoms with Gasteiger partial charge in [-0.05, 0) is 6.92 Å². The molecule has 12 heavy (non-hydrogen) atoms. The Morgan fingerprint density at radius 2 is 2.42 bits per heavy atom. The van der Waals surface area contributed by atoms with E-state index >= 15 is 0 Å². The average Bonchev–Trinajstić information content (AvgIpc) is 2.35. The molecule has 1 heterocycles. The van der Waals surface area contributed by atoms with Crippen molar-refractivity contribution >= 4 is 5.91 Å². The number of carbonyl (C=O) groups excluding carboxylic acids is 1. The highest BCUT2D eigenvalue weighted by Gasteiger charge is 2.42. The summed E-state index contributed by atoms with van der Waals surface area (Å²) in [6.45, 7) is 2.90. The van der Waals surface area contributed by atoms with Gasteiger partial charge in [0.2, 0.25) is 0 Å². The topological polar surface area (TPSA) is 49.8 Å². The van der Waals surface area contributed by atoms with Gasteiger partial charge in [-0.3, -0.25) is 4.79 Å². The zero-order chi connectivity index (χ0) is 9.19. The quantitative estimate of drug-likeness (QED) is 0.632. The summed E-state index contributed by atoms with van der Waals surface area (Å²) < 4.78 is 5.11. The van der Waals surface area contributed by atoms with E-state index < -0.39 is 5.60 Å². The molecule has 1 atom stereocenters. The lowest BCUT2D eigenvalue weighted by atomic mass is 10.1. The van der Waals surface area contributed by atoms with E-state index in [0.717, 1.165) is 0 Å². The van der Waals surface area contributed by atoms with Crippen molar-refractivity contribution in [1.29, 1.82) is 0 Å². The second-order valence-corrected chi connectivity index (χ2v) is 3.20. The Balaban J connectivity index is 2.60. The molecule has 0 aromatic carbocycles. The van der Waals surface area contributed by atoms with Crippen LogP contribution in [0.25, 0.3) is 0 Å². The van der Waals surface area contributed by atoms with E-state index in [0.29, 0.717) is 19.5 Å². The van der Waals surface area contributed by atoms with Crippen molar-refractivity contribution in [3.8, 4) is 0 Å². The summed E-state index contributed by atoms with van der Waals surface area (Å²) >= 11 is 0. The van der Waals surface area contributed by atoms with Gasteiger partial charge in [0.15, 0.2) is 0 Å². The monoisotopic (exact) mass is 173 g/mol. The molecule has 1 fully saturated rings. The van der Waals surface area contributed by atoms with Crippen molar-refractivity contribution in [1.82, 2.24) is 4.90 Å². The second kappa shape index (κ2) is 3.41. The zero-order valence-corrected chi connectivity index (χ0v) is 7.54. The first-order valence-electron chi connectivity index (χ1n) is 4.09. The van der Waals surface area contributed by atoms with E-state index in [2.05, 4.69) is 0 Å². The molecule has 1 amide bonds. The molecule has 4 heteroatoms. The highest BCUT2D eigenvalue weighted by Crippen LogP contribution is 2.24. The van der Waals surface area contributed by atoms with Crippen LogP contribution in [-0.4, -0.2) is 48.3 Å². The first-order chi connectivity index (χ1) is 5.64. The summed E-state index contributed by atoms with van der Waals surface area (Å²) in [4.78, 5) is 13.2. The molecule has 0 spiro atoms. The summed E-state index contributed by atoms with van der Waals surface area (Å²) in [6.07, 6.45) is 0.711. The van der Waals surface area contributed by atoms with Crippen molar-refractivity contribution in [3.05, 3.63) is 0 Å². The molecular weight excluding hydrogens is 158 g/mol. The van der Waals surface area contributed by atoms with Crippen molar-refractivity contribution < 1.29 is 14.6 Å². The van der Waals surface area contributed by atoms with Gasteiger partial charge in [-0.25, -0.2) is 0 Å². The number of methoxy groups -OCH3 is 1. The number of carbonyl (C=O) groups is 1. The molecular formula is C8H15NO3. The number of ether oxygens (including phenoxy) is 1. The second-order valence-electron chi connectivity index (χ2n) is 3.20. The fraction of sp³-hybridized carbons (Fsp3) is 0.875. The van der Waals surface area contributed by atoms with E-state index in [1.54, 1.807) is 18.9 Å². The number of hydrogen-bond acceptors (Lipinski definition) is 3. The third-order valence-corrected chi connectivity index (χ3v) is 2.42. The standard InChI is InChI=1S/C8H15NO3/c1-8(12-2)3-4-9(5-6-10)7(8)11/h10H,3-6H2,1-2H3/t8-/m1/s1. The lowest BCUT2D eigenvalue weighted by Gasteiger charge is -2.21. The maximum absolute atomic E-state index is 11.5. The van der Waals surface area contributed by atoms with Gasteiger partial charge in [-0.15, -0.1) is 0 Å². The van der Waals surface area contributed by atoms with Gasteiger partial charge in [0, 0.05) is 26.6 Å². The number of nitrogens with zero attached hydrogens (tertiary/aromatic N) is 1. The smallest absolute Gasteiger partial charge is 0.254 e. The highest BCUT2D eigenvalue weighted by atomic mass is 16.5. The predicted molar refractivity (Wildman–Crippen MR) is 43.7 cm³/mol. The van der Waals surface area contributed by atoms with Gasteiger partial charge in [-0.2, -0.15) is 0 Å². The Morgan fingerprint density at radius 3 is 2.83 bits per heavy atom. The van der Waals surface area contributed by atoms with Crippen molar-refractivity contribution in [2.24, 2.45) is 0 Å². The highest BCUT2D eigenvalue weighted by molar-refractivity contribution is 5.86. The molecule has 0 aromatic heterocycles. The Morgan fingerprint density at radius 1 is 1.75 bits per heavy atom. The van der Waals surface area contributed by atoms with Gasteiger partial charge < -0.3 is 14.7 Å². The number of amides is 1. The third-order valence-electron chi connectivity index (χ3n) is 2.42. The normalized spacial score (nSPS) is 29.9. The van der Waals surface area contributed by atoms with Crippen LogP contribution in [0.15, 0.2) is 0 Å². The van der Waals surface area contributed by atoms with Crippen LogP contribution in [0, 0.1) is 0 Å². The van der Waals surface area contributed by atoms with Crippen molar-refractivity contribution in [3.63, 3.8) is 0 Å². The molecule has 4 nitrogen and oxygen atoms in total. The SMILES string of the molecule is CO[C@]1(C)CCN(CCO)C1=O. The summed E-state index contributed by atoms with van der Waals surface area (Å²) in [7, 11) is 1.54. The van der Waals surface area contributed by atoms with Crippen LogP contribution < -0.4 is 0 Å². The zero-order valence-electron chi connectivity index (χ0n) is 7.54.